The van der Waals surface area contributed by atoms with Gasteiger partial charge in [-0.1, -0.05) is 39.3 Å². The monoisotopic (exact) mass is 256 g/mol. The average molecular weight is 257 g/mol. The van der Waals surface area contributed by atoms with Crippen molar-refractivity contribution in [3.8, 4) is 0 Å². The van der Waals surface area contributed by atoms with Crippen LogP contribution in [0.4, 0.5) is 4.39 Å². The first kappa shape index (κ1) is 14.2. The van der Waals surface area contributed by atoms with E-state index in [0.29, 0.717) is 11.4 Å². The molecule has 1 nitrogen and oxygen atoms in total. The summed E-state index contributed by atoms with van der Waals surface area (Å²) in [6.07, 6.45) is 0.382. The summed E-state index contributed by atoms with van der Waals surface area (Å²) < 4.78 is 13.1. The Labute approximate surface area is 107 Å². The van der Waals surface area contributed by atoms with Gasteiger partial charge in [0.1, 0.15) is 5.82 Å². The Bertz CT molecular complexity index is 421. The summed E-state index contributed by atoms with van der Waals surface area (Å²) in [5.41, 5.74) is 0.331. The minimum atomic E-state index is -0.429. The van der Waals surface area contributed by atoms with Crippen LogP contribution in [-0.2, 0) is 0 Å². The zero-order valence-electron chi connectivity index (χ0n) is 10.7. The maximum atomic E-state index is 13.1. The molecule has 0 saturated heterocycles. The molecule has 1 aromatic rings. The predicted octanol–water partition coefficient (Wildman–Crippen LogP) is 4.73. The van der Waals surface area contributed by atoms with E-state index in [2.05, 4.69) is 20.8 Å². The average Bonchev–Trinajstić information content (AvgIpc) is 2.20. The van der Waals surface area contributed by atoms with Gasteiger partial charge in [0.2, 0.25) is 0 Å². The van der Waals surface area contributed by atoms with Crippen LogP contribution in [0.1, 0.15) is 44.5 Å². The fourth-order valence-electron chi connectivity index (χ4n) is 1.41. The van der Waals surface area contributed by atoms with Crippen molar-refractivity contribution in [3.05, 3.63) is 34.6 Å². The minimum Gasteiger partial charge on any atom is -0.294 e. The van der Waals surface area contributed by atoms with E-state index in [4.69, 9.17) is 11.6 Å². The lowest BCUT2D eigenvalue weighted by Gasteiger charge is -2.26. The maximum Gasteiger partial charge on any atom is 0.164 e. The lowest BCUT2D eigenvalue weighted by atomic mass is 9.78. The first-order valence-corrected chi connectivity index (χ1v) is 6.08. The second-order valence-electron chi connectivity index (χ2n) is 5.52. The molecule has 17 heavy (non-hydrogen) atoms. The fraction of sp³-hybridized carbons (Fsp3) is 0.500. The predicted molar refractivity (Wildman–Crippen MR) is 69.0 cm³/mol. The van der Waals surface area contributed by atoms with Gasteiger partial charge in [0, 0.05) is 12.0 Å². The number of ketones is 1. The van der Waals surface area contributed by atoms with Crippen molar-refractivity contribution < 1.29 is 9.18 Å². The van der Waals surface area contributed by atoms with Crippen molar-refractivity contribution in [3.63, 3.8) is 0 Å². The van der Waals surface area contributed by atoms with Gasteiger partial charge >= 0.3 is 0 Å². The van der Waals surface area contributed by atoms with Crippen LogP contribution in [0, 0.1) is 17.2 Å². The van der Waals surface area contributed by atoms with Crippen LogP contribution < -0.4 is 0 Å². The van der Waals surface area contributed by atoms with Crippen molar-refractivity contribution in [2.45, 2.75) is 34.1 Å². The highest BCUT2D eigenvalue weighted by Gasteiger charge is 2.24. The molecule has 0 bridgehead atoms. The van der Waals surface area contributed by atoms with Gasteiger partial charge in [-0.25, -0.2) is 4.39 Å². The summed E-state index contributed by atoms with van der Waals surface area (Å²) in [6.45, 7) is 8.26. The first-order chi connectivity index (χ1) is 7.71. The molecule has 0 radical (unpaired) electrons. The Morgan fingerprint density at radius 2 is 2.00 bits per heavy atom. The number of carbonyl (C=O) groups is 1. The second-order valence-corrected chi connectivity index (χ2v) is 5.93. The molecule has 0 aromatic heterocycles. The largest absolute Gasteiger partial charge is 0.294 e. The van der Waals surface area contributed by atoms with Crippen LogP contribution in [0.5, 0.6) is 0 Å². The van der Waals surface area contributed by atoms with Gasteiger partial charge in [-0.15, -0.1) is 0 Å². The number of benzene rings is 1. The Kier molecular flexibility index (Phi) is 4.31. The molecule has 3 heteroatoms. The Morgan fingerprint density at radius 3 is 2.53 bits per heavy atom. The van der Waals surface area contributed by atoms with Gasteiger partial charge < -0.3 is 0 Å². The third-order valence-corrected chi connectivity index (χ3v) is 3.53. The van der Waals surface area contributed by atoms with Crippen LogP contribution in [0.15, 0.2) is 18.2 Å². The number of hydrogen-bond donors (Lipinski definition) is 0. The third-order valence-electron chi connectivity index (χ3n) is 3.20. The highest BCUT2D eigenvalue weighted by molar-refractivity contribution is 6.33. The summed E-state index contributed by atoms with van der Waals surface area (Å²) in [5.74, 6) is -0.313. The number of rotatable bonds is 3. The summed E-state index contributed by atoms with van der Waals surface area (Å²) in [4.78, 5) is 12.0. The maximum absolute atomic E-state index is 13.1. The van der Waals surface area contributed by atoms with Crippen molar-refractivity contribution >= 4 is 17.4 Å². The molecule has 0 saturated carbocycles. The molecular weight excluding hydrogens is 239 g/mol. The molecule has 0 fully saturated rings. The molecule has 1 rings (SSSR count). The van der Waals surface area contributed by atoms with E-state index < -0.39 is 5.82 Å². The highest BCUT2D eigenvalue weighted by Crippen LogP contribution is 2.30. The van der Waals surface area contributed by atoms with E-state index in [-0.39, 0.29) is 22.7 Å². The van der Waals surface area contributed by atoms with Crippen LogP contribution in [0.2, 0.25) is 5.02 Å². The van der Waals surface area contributed by atoms with E-state index >= 15 is 0 Å². The first-order valence-electron chi connectivity index (χ1n) is 5.70. The summed E-state index contributed by atoms with van der Waals surface area (Å²) >= 11 is 5.90. The molecule has 0 aliphatic rings. The van der Waals surface area contributed by atoms with Crippen molar-refractivity contribution in [2.24, 2.45) is 11.3 Å². The molecule has 0 heterocycles. The number of hydrogen-bond acceptors (Lipinski definition) is 1. The molecule has 1 unspecified atom stereocenters. The van der Waals surface area contributed by atoms with Crippen LogP contribution in [0.25, 0.3) is 0 Å². The highest BCUT2D eigenvalue weighted by atomic mass is 35.5. The lowest BCUT2D eigenvalue weighted by Crippen LogP contribution is -2.20. The van der Waals surface area contributed by atoms with Gasteiger partial charge in [-0.2, -0.15) is 0 Å². The lowest BCUT2D eigenvalue weighted by molar-refractivity contribution is 0.0927. The molecule has 0 amide bonds. The van der Waals surface area contributed by atoms with E-state index in [1.807, 2.05) is 6.92 Å². The van der Waals surface area contributed by atoms with Crippen molar-refractivity contribution in [1.82, 2.24) is 0 Å². The number of Topliss-reactive ketones (excluding diaryl/α,β-unsaturated/α-hetero) is 1. The molecule has 1 atom stereocenters. The molecular formula is C14H18ClFO. The van der Waals surface area contributed by atoms with Crippen LogP contribution in [0.3, 0.4) is 0 Å². The summed E-state index contributed by atoms with van der Waals surface area (Å²) in [7, 11) is 0. The second kappa shape index (κ2) is 5.18. The molecule has 1 aromatic carbocycles. The van der Waals surface area contributed by atoms with E-state index in [9.17, 15) is 9.18 Å². The Balaban J connectivity index is 2.87. The normalized spacial score (nSPS) is 13.5. The summed E-state index contributed by atoms with van der Waals surface area (Å²) in [5, 5.41) is 0.317. The topological polar surface area (TPSA) is 17.1 Å². The zero-order valence-corrected chi connectivity index (χ0v) is 11.4. The van der Waals surface area contributed by atoms with E-state index in [1.54, 1.807) is 0 Å². The molecule has 0 spiro atoms. The molecule has 0 aliphatic heterocycles. The van der Waals surface area contributed by atoms with Crippen molar-refractivity contribution in [2.75, 3.05) is 0 Å². The third kappa shape index (κ3) is 3.81. The Morgan fingerprint density at radius 1 is 1.41 bits per heavy atom. The standard InChI is InChI=1S/C14H18ClFO/c1-9(14(2,3)4)7-13(17)11-8-10(16)5-6-12(11)15/h5-6,8-9H,7H2,1-4H3. The van der Waals surface area contributed by atoms with Gasteiger partial charge in [0.15, 0.2) is 5.78 Å². The number of halogens is 2. The quantitative estimate of drug-likeness (QED) is 0.715. The van der Waals surface area contributed by atoms with E-state index in [0.717, 1.165) is 0 Å². The molecule has 94 valence electrons. The smallest absolute Gasteiger partial charge is 0.164 e. The number of carbonyl (C=O) groups excluding carboxylic acids is 1. The van der Waals surface area contributed by atoms with Gasteiger partial charge in [-0.3, -0.25) is 4.79 Å². The van der Waals surface area contributed by atoms with Gasteiger partial charge in [0.05, 0.1) is 5.02 Å². The Hall–Kier alpha value is -0.890. The summed E-state index contributed by atoms with van der Waals surface area (Å²) in [6, 6.07) is 3.89. The molecule has 0 aliphatic carbocycles. The van der Waals surface area contributed by atoms with E-state index in [1.165, 1.54) is 18.2 Å². The SMILES string of the molecule is CC(CC(=O)c1cc(F)ccc1Cl)C(C)(C)C. The van der Waals surface area contributed by atoms with Crippen molar-refractivity contribution in [1.29, 1.82) is 0 Å². The van der Waals surface area contributed by atoms with Gasteiger partial charge in [-0.05, 0) is 29.5 Å². The molecule has 0 N–H and O–H groups in total. The van der Waals surface area contributed by atoms with Gasteiger partial charge in [0.25, 0.3) is 0 Å². The zero-order chi connectivity index (χ0) is 13.2. The fourth-order valence-corrected chi connectivity index (χ4v) is 1.63. The van der Waals surface area contributed by atoms with Crippen LogP contribution in [-0.4, -0.2) is 5.78 Å². The van der Waals surface area contributed by atoms with Crippen LogP contribution >= 0.6 is 11.6 Å². The minimum absolute atomic E-state index is 0.0511.